The molecule has 1 unspecified atom stereocenters. The van der Waals surface area contributed by atoms with Crippen molar-refractivity contribution in [2.45, 2.75) is 31.7 Å². The van der Waals surface area contributed by atoms with Crippen LogP contribution in [0.2, 0.25) is 0 Å². The molecule has 0 aliphatic heterocycles. The standard InChI is InChI=1S/C18H19F2N/c19-16-9-13(10-17(20)12-16)7-8-21-18-6-5-14-3-1-2-4-15(14)11-18/h1-4,9-10,12,18,21H,5-8,11H2. The molecule has 1 aliphatic rings. The lowest BCUT2D eigenvalue weighted by molar-refractivity contribution is 0.461. The normalized spacial score (nSPS) is 17.5. The molecule has 0 spiro atoms. The summed E-state index contributed by atoms with van der Waals surface area (Å²) < 4.78 is 26.2. The van der Waals surface area contributed by atoms with Crippen LogP contribution in [0, 0.1) is 11.6 Å². The van der Waals surface area contributed by atoms with E-state index in [2.05, 4.69) is 29.6 Å². The third kappa shape index (κ3) is 3.67. The molecule has 2 aromatic carbocycles. The van der Waals surface area contributed by atoms with Crippen molar-refractivity contribution in [3.63, 3.8) is 0 Å². The highest BCUT2D eigenvalue weighted by molar-refractivity contribution is 5.30. The van der Waals surface area contributed by atoms with Crippen molar-refractivity contribution in [3.05, 3.63) is 70.8 Å². The lowest BCUT2D eigenvalue weighted by Crippen LogP contribution is -2.35. The summed E-state index contributed by atoms with van der Waals surface area (Å²) in [5.74, 6) is -1.01. The van der Waals surface area contributed by atoms with Gasteiger partial charge in [-0.3, -0.25) is 0 Å². The highest BCUT2D eigenvalue weighted by atomic mass is 19.1. The second-order valence-corrected chi connectivity index (χ2v) is 5.69. The van der Waals surface area contributed by atoms with Crippen LogP contribution in [0.1, 0.15) is 23.1 Å². The number of hydrogen-bond acceptors (Lipinski definition) is 1. The fourth-order valence-electron chi connectivity index (χ4n) is 3.05. The maximum Gasteiger partial charge on any atom is 0.126 e. The van der Waals surface area contributed by atoms with Gasteiger partial charge in [0, 0.05) is 12.1 Å². The number of rotatable bonds is 4. The van der Waals surface area contributed by atoms with Gasteiger partial charge < -0.3 is 5.32 Å². The zero-order valence-corrected chi connectivity index (χ0v) is 11.9. The Morgan fingerprint density at radius 2 is 1.71 bits per heavy atom. The van der Waals surface area contributed by atoms with Gasteiger partial charge in [0.05, 0.1) is 0 Å². The predicted molar refractivity (Wildman–Crippen MR) is 80.3 cm³/mol. The van der Waals surface area contributed by atoms with Crippen LogP contribution in [-0.4, -0.2) is 12.6 Å². The summed E-state index contributed by atoms with van der Waals surface area (Å²) in [7, 11) is 0. The fourth-order valence-corrected chi connectivity index (χ4v) is 3.05. The van der Waals surface area contributed by atoms with Crippen molar-refractivity contribution in [2.24, 2.45) is 0 Å². The van der Waals surface area contributed by atoms with Crippen molar-refractivity contribution in [1.82, 2.24) is 5.32 Å². The zero-order valence-electron chi connectivity index (χ0n) is 11.9. The molecule has 110 valence electrons. The Bertz CT molecular complexity index is 604. The lowest BCUT2D eigenvalue weighted by atomic mass is 9.88. The van der Waals surface area contributed by atoms with Gasteiger partial charge in [-0.25, -0.2) is 8.78 Å². The molecule has 0 radical (unpaired) electrons. The first-order valence-electron chi connectivity index (χ1n) is 7.46. The Labute approximate surface area is 124 Å². The molecule has 1 nitrogen and oxygen atoms in total. The van der Waals surface area contributed by atoms with E-state index in [-0.39, 0.29) is 0 Å². The molecule has 1 N–H and O–H groups in total. The molecule has 0 aromatic heterocycles. The molecule has 1 atom stereocenters. The molecule has 0 bridgehead atoms. The summed E-state index contributed by atoms with van der Waals surface area (Å²) in [6.07, 6.45) is 3.90. The van der Waals surface area contributed by atoms with Crippen LogP contribution < -0.4 is 5.32 Å². The van der Waals surface area contributed by atoms with E-state index in [0.29, 0.717) is 18.0 Å². The highest BCUT2D eigenvalue weighted by Crippen LogP contribution is 2.21. The van der Waals surface area contributed by atoms with E-state index < -0.39 is 11.6 Å². The van der Waals surface area contributed by atoms with E-state index in [4.69, 9.17) is 0 Å². The monoisotopic (exact) mass is 287 g/mol. The van der Waals surface area contributed by atoms with Crippen LogP contribution in [0.4, 0.5) is 8.78 Å². The summed E-state index contributed by atoms with van der Waals surface area (Å²) in [6.45, 7) is 0.746. The summed E-state index contributed by atoms with van der Waals surface area (Å²) >= 11 is 0. The maximum atomic E-state index is 13.1. The molecule has 3 rings (SSSR count). The Kier molecular flexibility index (Phi) is 4.30. The number of nitrogens with one attached hydrogen (secondary N) is 1. The van der Waals surface area contributed by atoms with Crippen molar-refractivity contribution >= 4 is 0 Å². The van der Waals surface area contributed by atoms with Crippen molar-refractivity contribution in [2.75, 3.05) is 6.54 Å². The zero-order chi connectivity index (χ0) is 14.7. The quantitative estimate of drug-likeness (QED) is 0.905. The maximum absolute atomic E-state index is 13.1. The van der Waals surface area contributed by atoms with Crippen LogP contribution in [0.5, 0.6) is 0 Å². The van der Waals surface area contributed by atoms with Gasteiger partial charge in [0.2, 0.25) is 0 Å². The minimum absolute atomic E-state index is 0.457. The average molecular weight is 287 g/mol. The Morgan fingerprint density at radius 1 is 1.00 bits per heavy atom. The summed E-state index contributed by atoms with van der Waals surface area (Å²) in [4.78, 5) is 0. The molecule has 21 heavy (non-hydrogen) atoms. The molecular formula is C18H19F2N. The largest absolute Gasteiger partial charge is 0.313 e. The molecule has 0 heterocycles. The molecule has 0 amide bonds. The number of benzene rings is 2. The van der Waals surface area contributed by atoms with Gasteiger partial charge in [-0.2, -0.15) is 0 Å². The van der Waals surface area contributed by atoms with Gasteiger partial charge in [-0.15, -0.1) is 0 Å². The van der Waals surface area contributed by atoms with Gasteiger partial charge in [-0.1, -0.05) is 24.3 Å². The topological polar surface area (TPSA) is 12.0 Å². The summed E-state index contributed by atoms with van der Waals surface area (Å²) in [5, 5.41) is 3.50. The molecule has 0 saturated carbocycles. The van der Waals surface area contributed by atoms with Gasteiger partial charge in [-0.05, 0) is 61.1 Å². The molecule has 3 heteroatoms. The molecule has 2 aromatic rings. The number of fused-ring (bicyclic) bond motifs is 1. The van der Waals surface area contributed by atoms with Crippen molar-refractivity contribution in [3.8, 4) is 0 Å². The minimum Gasteiger partial charge on any atom is -0.313 e. The second-order valence-electron chi connectivity index (χ2n) is 5.69. The smallest absolute Gasteiger partial charge is 0.126 e. The van der Waals surface area contributed by atoms with Gasteiger partial charge in [0.1, 0.15) is 11.6 Å². The fraction of sp³-hybridized carbons (Fsp3) is 0.333. The van der Waals surface area contributed by atoms with E-state index >= 15 is 0 Å². The molecular weight excluding hydrogens is 268 g/mol. The first-order chi connectivity index (χ1) is 10.2. The third-order valence-corrected chi connectivity index (χ3v) is 4.12. The summed E-state index contributed by atoms with van der Waals surface area (Å²) in [6, 6.07) is 12.7. The van der Waals surface area contributed by atoms with Crippen LogP contribution in [0.15, 0.2) is 42.5 Å². The summed E-state index contributed by atoms with van der Waals surface area (Å²) in [5.41, 5.74) is 3.57. The van der Waals surface area contributed by atoms with E-state index in [0.717, 1.165) is 31.9 Å². The van der Waals surface area contributed by atoms with E-state index in [1.165, 1.54) is 23.3 Å². The second kappa shape index (κ2) is 6.35. The number of aryl methyl sites for hydroxylation is 1. The average Bonchev–Trinajstić information content (AvgIpc) is 2.46. The van der Waals surface area contributed by atoms with Gasteiger partial charge in [0.25, 0.3) is 0 Å². The van der Waals surface area contributed by atoms with Gasteiger partial charge >= 0.3 is 0 Å². The highest BCUT2D eigenvalue weighted by Gasteiger charge is 2.17. The Balaban J connectivity index is 1.52. The Hall–Kier alpha value is -1.74. The SMILES string of the molecule is Fc1cc(F)cc(CCNC2CCc3ccccc3C2)c1. The first-order valence-corrected chi connectivity index (χ1v) is 7.46. The van der Waals surface area contributed by atoms with Crippen molar-refractivity contribution < 1.29 is 8.78 Å². The first kappa shape index (κ1) is 14.2. The predicted octanol–water partition coefficient (Wildman–Crippen LogP) is 3.65. The molecule has 0 fully saturated rings. The van der Waals surface area contributed by atoms with E-state index in [1.807, 2.05) is 0 Å². The molecule has 0 saturated heterocycles. The van der Waals surface area contributed by atoms with Gasteiger partial charge in [0.15, 0.2) is 0 Å². The van der Waals surface area contributed by atoms with Crippen LogP contribution in [-0.2, 0) is 19.3 Å². The van der Waals surface area contributed by atoms with Crippen LogP contribution in [0.25, 0.3) is 0 Å². The van der Waals surface area contributed by atoms with E-state index in [1.54, 1.807) is 0 Å². The van der Waals surface area contributed by atoms with Crippen LogP contribution in [0.3, 0.4) is 0 Å². The minimum atomic E-state index is -0.503. The number of hydrogen-bond donors (Lipinski definition) is 1. The third-order valence-electron chi connectivity index (χ3n) is 4.12. The molecule has 1 aliphatic carbocycles. The lowest BCUT2D eigenvalue weighted by Gasteiger charge is -2.25. The number of halogens is 2. The Morgan fingerprint density at radius 3 is 2.48 bits per heavy atom. The van der Waals surface area contributed by atoms with Crippen LogP contribution >= 0.6 is 0 Å². The van der Waals surface area contributed by atoms with Crippen molar-refractivity contribution in [1.29, 1.82) is 0 Å². The van der Waals surface area contributed by atoms with E-state index in [9.17, 15) is 8.78 Å².